The van der Waals surface area contributed by atoms with Crippen LogP contribution in [0.15, 0.2) is 34.1 Å². The quantitative estimate of drug-likeness (QED) is 0.695. The summed E-state index contributed by atoms with van der Waals surface area (Å²) < 4.78 is 0.997. The number of carbonyl (C=O) groups is 1. The van der Waals surface area contributed by atoms with Gasteiger partial charge in [-0.05, 0) is 65.2 Å². The van der Waals surface area contributed by atoms with Crippen LogP contribution in [-0.2, 0) is 0 Å². The summed E-state index contributed by atoms with van der Waals surface area (Å²) in [5.74, 6) is -0.925. The fraction of sp³-hybridized carbons (Fsp3) is 0.125. The minimum atomic E-state index is -0.925. The molecule has 0 aliphatic carbocycles. The van der Waals surface area contributed by atoms with E-state index >= 15 is 0 Å². The molecule has 2 aromatic heterocycles. The van der Waals surface area contributed by atoms with Gasteiger partial charge in [-0.25, -0.2) is 9.78 Å². The van der Waals surface area contributed by atoms with E-state index in [0.29, 0.717) is 16.6 Å². The molecular formula is C16H12BrNO2S. The maximum absolute atomic E-state index is 11.6. The SMILES string of the molecule is Cc1cc(C)c2c(C(=O)O)cc(-c3ccc(Br)s3)nc2c1. The van der Waals surface area contributed by atoms with Crippen molar-refractivity contribution in [1.82, 2.24) is 4.98 Å². The number of pyridine rings is 1. The van der Waals surface area contributed by atoms with Crippen LogP contribution in [0.5, 0.6) is 0 Å². The molecular weight excluding hydrogens is 350 g/mol. The first-order valence-corrected chi connectivity index (χ1v) is 7.97. The molecule has 1 aromatic carbocycles. The van der Waals surface area contributed by atoms with Gasteiger partial charge in [0.2, 0.25) is 0 Å². The van der Waals surface area contributed by atoms with Gasteiger partial charge < -0.3 is 5.11 Å². The highest BCUT2D eigenvalue weighted by Gasteiger charge is 2.16. The topological polar surface area (TPSA) is 50.2 Å². The molecule has 3 aromatic rings. The third-order valence-electron chi connectivity index (χ3n) is 3.31. The Hall–Kier alpha value is -1.72. The lowest BCUT2D eigenvalue weighted by Crippen LogP contribution is -2.01. The number of hydrogen-bond donors (Lipinski definition) is 1. The molecule has 0 saturated heterocycles. The van der Waals surface area contributed by atoms with Gasteiger partial charge in [-0.3, -0.25) is 0 Å². The van der Waals surface area contributed by atoms with Crippen LogP contribution in [0.2, 0.25) is 0 Å². The van der Waals surface area contributed by atoms with Crippen LogP contribution in [-0.4, -0.2) is 16.1 Å². The zero-order valence-corrected chi connectivity index (χ0v) is 13.9. The van der Waals surface area contributed by atoms with Gasteiger partial charge in [0.25, 0.3) is 0 Å². The molecule has 0 bridgehead atoms. The van der Waals surface area contributed by atoms with Crippen LogP contribution in [0.25, 0.3) is 21.5 Å². The van der Waals surface area contributed by atoms with Crippen LogP contribution >= 0.6 is 27.3 Å². The Morgan fingerprint density at radius 1 is 1.24 bits per heavy atom. The molecule has 0 spiro atoms. The minimum absolute atomic E-state index is 0.303. The number of benzene rings is 1. The summed E-state index contributed by atoms with van der Waals surface area (Å²) in [6, 6.07) is 9.45. The molecule has 5 heteroatoms. The molecule has 3 nitrogen and oxygen atoms in total. The Morgan fingerprint density at radius 3 is 2.62 bits per heavy atom. The number of carboxylic acid groups (broad SMARTS) is 1. The van der Waals surface area contributed by atoms with E-state index < -0.39 is 5.97 Å². The number of aromatic nitrogens is 1. The number of carboxylic acids is 1. The predicted molar refractivity (Wildman–Crippen MR) is 89.2 cm³/mol. The largest absolute Gasteiger partial charge is 0.478 e. The molecule has 0 unspecified atom stereocenters. The Kier molecular flexibility index (Phi) is 3.55. The summed E-state index contributed by atoms with van der Waals surface area (Å²) in [5.41, 5.74) is 3.74. The standard InChI is InChI=1S/C16H12BrNO2S/c1-8-5-9(2)15-10(16(19)20)7-11(18-12(15)6-8)13-3-4-14(17)21-13/h3-7H,1-2H3,(H,19,20). The van der Waals surface area contributed by atoms with E-state index in [-0.39, 0.29) is 0 Å². The van der Waals surface area contributed by atoms with Crippen LogP contribution in [0.4, 0.5) is 0 Å². The summed E-state index contributed by atoms with van der Waals surface area (Å²) in [4.78, 5) is 17.2. The summed E-state index contributed by atoms with van der Waals surface area (Å²) in [7, 11) is 0. The fourth-order valence-electron chi connectivity index (χ4n) is 2.50. The summed E-state index contributed by atoms with van der Waals surface area (Å²) >= 11 is 4.96. The smallest absolute Gasteiger partial charge is 0.336 e. The number of nitrogens with zero attached hydrogens (tertiary/aromatic N) is 1. The predicted octanol–water partition coefficient (Wildman–Crippen LogP) is 5.04. The minimum Gasteiger partial charge on any atom is -0.478 e. The Labute approximate surface area is 134 Å². The second-order valence-corrected chi connectivity index (χ2v) is 7.40. The lowest BCUT2D eigenvalue weighted by atomic mass is 10.0. The van der Waals surface area contributed by atoms with Crippen molar-refractivity contribution in [1.29, 1.82) is 0 Å². The van der Waals surface area contributed by atoms with Crippen molar-refractivity contribution < 1.29 is 9.90 Å². The van der Waals surface area contributed by atoms with Gasteiger partial charge in [-0.2, -0.15) is 0 Å². The van der Waals surface area contributed by atoms with Crippen LogP contribution in [0.1, 0.15) is 21.5 Å². The van der Waals surface area contributed by atoms with Gasteiger partial charge in [0.15, 0.2) is 0 Å². The second kappa shape index (κ2) is 5.24. The molecule has 3 rings (SSSR count). The molecule has 0 saturated carbocycles. The lowest BCUT2D eigenvalue weighted by molar-refractivity contribution is 0.0699. The van der Waals surface area contributed by atoms with E-state index in [1.54, 1.807) is 6.07 Å². The van der Waals surface area contributed by atoms with Crippen molar-refractivity contribution in [2.45, 2.75) is 13.8 Å². The summed E-state index contributed by atoms with van der Waals surface area (Å²) in [6.07, 6.45) is 0. The highest BCUT2D eigenvalue weighted by molar-refractivity contribution is 9.11. The van der Waals surface area contributed by atoms with Gasteiger partial charge in [0, 0.05) is 5.39 Å². The van der Waals surface area contributed by atoms with Crippen molar-refractivity contribution >= 4 is 44.1 Å². The average molecular weight is 362 g/mol. The maximum atomic E-state index is 11.6. The van der Waals surface area contributed by atoms with Crippen molar-refractivity contribution in [3.63, 3.8) is 0 Å². The van der Waals surface area contributed by atoms with Crippen molar-refractivity contribution in [2.75, 3.05) is 0 Å². The first-order chi connectivity index (χ1) is 9.95. The number of thiophene rings is 1. The monoisotopic (exact) mass is 361 g/mol. The molecule has 0 amide bonds. The zero-order chi connectivity index (χ0) is 15.1. The molecule has 0 fully saturated rings. The Morgan fingerprint density at radius 2 is 2.00 bits per heavy atom. The average Bonchev–Trinajstić information content (AvgIpc) is 2.83. The zero-order valence-electron chi connectivity index (χ0n) is 11.5. The molecule has 2 heterocycles. The molecule has 21 heavy (non-hydrogen) atoms. The molecule has 106 valence electrons. The van der Waals surface area contributed by atoms with Gasteiger partial charge in [0.05, 0.1) is 25.4 Å². The van der Waals surface area contributed by atoms with Crippen molar-refractivity contribution in [3.05, 3.63) is 50.8 Å². The highest BCUT2D eigenvalue weighted by Crippen LogP contribution is 2.33. The molecule has 0 aliphatic heterocycles. The van der Waals surface area contributed by atoms with E-state index in [0.717, 1.165) is 25.3 Å². The first kappa shape index (κ1) is 14.2. The Balaban J connectivity index is 2.37. The van der Waals surface area contributed by atoms with Crippen molar-refractivity contribution in [2.24, 2.45) is 0 Å². The van der Waals surface area contributed by atoms with E-state index in [2.05, 4.69) is 20.9 Å². The third-order valence-corrected chi connectivity index (χ3v) is 4.95. The number of hydrogen-bond acceptors (Lipinski definition) is 3. The number of halogens is 1. The van der Waals surface area contributed by atoms with Gasteiger partial charge >= 0.3 is 5.97 Å². The first-order valence-electron chi connectivity index (χ1n) is 6.36. The van der Waals surface area contributed by atoms with Crippen LogP contribution < -0.4 is 0 Å². The van der Waals surface area contributed by atoms with Gasteiger partial charge in [-0.15, -0.1) is 11.3 Å². The number of fused-ring (bicyclic) bond motifs is 1. The maximum Gasteiger partial charge on any atom is 0.336 e. The number of aryl methyl sites for hydroxylation is 2. The van der Waals surface area contributed by atoms with E-state index in [4.69, 9.17) is 0 Å². The molecule has 0 aliphatic rings. The van der Waals surface area contributed by atoms with Crippen LogP contribution in [0, 0.1) is 13.8 Å². The van der Waals surface area contributed by atoms with Gasteiger partial charge in [0.1, 0.15) is 0 Å². The third kappa shape index (κ3) is 2.59. The lowest BCUT2D eigenvalue weighted by Gasteiger charge is -2.09. The summed E-state index contributed by atoms with van der Waals surface area (Å²) in [6.45, 7) is 3.91. The Bertz CT molecular complexity index is 870. The van der Waals surface area contributed by atoms with E-state index in [9.17, 15) is 9.90 Å². The van der Waals surface area contributed by atoms with Crippen LogP contribution in [0.3, 0.4) is 0 Å². The highest BCUT2D eigenvalue weighted by atomic mass is 79.9. The van der Waals surface area contributed by atoms with E-state index in [1.165, 1.54) is 11.3 Å². The van der Waals surface area contributed by atoms with E-state index in [1.807, 2.05) is 38.1 Å². The number of rotatable bonds is 2. The molecule has 0 atom stereocenters. The van der Waals surface area contributed by atoms with Gasteiger partial charge in [-0.1, -0.05) is 6.07 Å². The fourth-order valence-corrected chi connectivity index (χ4v) is 3.85. The summed E-state index contributed by atoms with van der Waals surface area (Å²) in [5, 5.41) is 10.2. The normalized spacial score (nSPS) is 11.0. The molecule has 1 N–H and O–H groups in total. The molecule has 0 radical (unpaired) electrons. The van der Waals surface area contributed by atoms with Crippen molar-refractivity contribution in [3.8, 4) is 10.6 Å². The number of aromatic carboxylic acids is 1. The second-order valence-electron chi connectivity index (χ2n) is 4.94.